The maximum absolute atomic E-state index is 5.82. The van der Waals surface area contributed by atoms with Crippen LogP contribution in [-0.2, 0) is 4.74 Å². The smallest absolute Gasteiger partial charge is 0.257 e. The number of hydrogen-bond acceptors (Lipinski definition) is 7. The van der Waals surface area contributed by atoms with Gasteiger partial charge in [0, 0.05) is 25.5 Å². The molecule has 7 nitrogen and oxygen atoms in total. The summed E-state index contributed by atoms with van der Waals surface area (Å²) in [4.78, 5) is 14.8. The zero-order valence-electron chi connectivity index (χ0n) is 11.2. The first-order valence-corrected chi connectivity index (χ1v) is 7.06. The number of hydrogen-bond donors (Lipinski definition) is 0. The van der Waals surface area contributed by atoms with E-state index < -0.39 is 0 Å². The molecule has 0 aliphatic carbocycles. The minimum atomic E-state index is -0.208. The molecule has 2 aromatic heterocycles. The van der Waals surface area contributed by atoms with Crippen molar-refractivity contribution in [3.8, 4) is 11.6 Å². The number of halogens is 1. The van der Waals surface area contributed by atoms with Crippen LogP contribution in [0.15, 0.2) is 21.4 Å². The Morgan fingerprint density at radius 3 is 2.70 bits per heavy atom. The normalized spacial score (nSPS) is 23.9. The van der Waals surface area contributed by atoms with Crippen LogP contribution in [-0.4, -0.2) is 51.2 Å². The number of rotatable bonds is 2. The van der Waals surface area contributed by atoms with E-state index in [0.717, 1.165) is 17.6 Å². The van der Waals surface area contributed by atoms with E-state index in [4.69, 9.17) is 9.26 Å². The minimum absolute atomic E-state index is 0.137. The van der Waals surface area contributed by atoms with E-state index in [-0.39, 0.29) is 12.2 Å². The van der Waals surface area contributed by atoms with Gasteiger partial charge in [-0.15, -0.1) is 0 Å². The number of likely N-dealkylation sites (N-methyl/N-ethyl adjacent to an activating group) is 1. The highest BCUT2D eigenvalue weighted by atomic mass is 79.9. The van der Waals surface area contributed by atoms with Crippen LogP contribution in [0, 0.1) is 0 Å². The van der Waals surface area contributed by atoms with E-state index in [2.05, 4.69) is 40.9 Å². The molecule has 2 atom stereocenters. The maximum Gasteiger partial charge on any atom is 0.257 e. The molecule has 0 amide bonds. The molecule has 0 spiro atoms. The van der Waals surface area contributed by atoms with Gasteiger partial charge in [0.2, 0.25) is 11.6 Å². The fraction of sp³-hybridized carbons (Fsp3) is 0.500. The SMILES string of the molecule is C[C@@H]1CN(C)C[C@H](c2nc(-c3ncc(Br)cn3)no2)O1. The van der Waals surface area contributed by atoms with Crippen LogP contribution >= 0.6 is 15.9 Å². The summed E-state index contributed by atoms with van der Waals surface area (Å²) < 4.78 is 11.9. The van der Waals surface area contributed by atoms with Crippen molar-refractivity contribution in [2.75, 3.05) is 20.1 Å². The topological polar surface area (TPSA) is 77.2 Å². The fourth-order valence-corrected chi connectivity index (χ4v) is 2.39. The highest BCUT2D eigenvalue weighted by Crippen LogP contribution is 2.24. The average Bonchev–Trinajstić information content (AvgIpc) is 2.88. The van der Waals surface area contributed by atoms with Gasteiger partial charge in [0.15, 0.2) is 0 Å². The van der Waals surface area contributed by atoms with Crippen molar-refractivity contribution < 1.29 is 9.26 Å². The largest absolute Gasteiger partial charge is 0.363 e. The van der Waals surface area contributed by atoms with Gasteiger partial charge in [-0.05, 0) is 29.9 Å². The van der Waals surface area contributed by atoms with Crippen molar-refractivity contribution in [2.24, 2.45) is 0 Å². The first-order valence-electron chi connectivity index (χ1n) is 6.27. The fourth-order valence-electron chi connectivity index (χ4n) is 2.18. The van der Waals surface area contributed by atoms with E-state index >= 15 is 0 Å². The molecule has 0 bridgehead atoms. The number of morpholine rings is 1. The Kier molecular flexibility index (Phi) is 3.77. The molecule has 1 aliphatic heterocycles. The standard InChI is InChI=1S/C12H14BrN5O2/c1-7-5-18(2)6-9(19-7)12-16-11(17-20-12)10-14-3-8(13)4-15-10/h3-4,7,9H,5-6H2,1-2H3/t7-,9-/m1/s1. The first-order chi connectivity index (χ1) is 9.61. The second-order valence-corrected chi connectivity index (χ2v) is 5.75. The molecule has 0 saturated carbocycles. The summed E-state index contributed by atoms with van der Waals surface area (Å²) >= 11 is 3.28. The summed E-state index contributed by atoms with van der Waals surface area (Å²) in [6, 6.07) is 0. The van der Waals surface area contributed by atoms with Gasteiger partial charge in [0.1, 0.15) is 6.10 Å². The average molecular weight is 340 g/mol. The Morgan fingerprint density at radius 1 is 1.25 bits per heavy atom. The Hall–Kier alpha value is -1.38. The van der Waals surface area contributed by atoms with Crippen LogP contribution in [0.5, 0.6) is 0 Å². The monoisotopic (exact) mass is 339 g/mol. The van der Waals surface area contributed by atoms with Gasteiger partial charge in [0.25, 0.3) is 5.89 Å². The van der Waals surface area contributed by atoms with Gasteiger partial charge in [-0.25, -0.2) is 9.97 Å². The minimum Gasteiger partial charge on any atom is -0.363 e. The van der Waals surface area contributed by atoms with E-state index in [1.165, 1.54) is 0 Å². The van der Waals surface area contributed by atoms with Crippen molar-refractivity contribution in [1.82, 2.24) is 25.0 Å². The lowest BCUT2D eigenvalue weighted by molar-refractivity contribution is -0.0838. The lowest BCUT2D eigenvalue weighted by Gasteiger charge is -2.32. The third-order valence-electron chi connectivity index (χ3n) is 2.98. The lowest BCUT2D eigenvalue weighted by atomic mass is 10.2. The van der Waals surface area contributed by atoms with Crippen molar-refractivity contribution in [1.29, 1.82) is 0 Å². The zero-order valence-corrected chi connectivity index (χ0v) is 12.7. The molecule has 8 heteroatoms. The van der Waals surface area contributed by atoms with Crippen LogP contribution in [0.4, 0.5) is 0 Å². The summed E-state index contributed by atoms with van der Waals surface area (Å²) in [6.45, 7) is 3.65. The second-order valence-electron chi connectivity index (χ2n) is 4.84. The highest BCUT2D eigenvalue weighted by molar-refractivity contribution is 9.10. The summed E-state index contributed by atoms with van der Waals surface area (Å²) in [7, 11) is 2.04. The number of nitrogens with zero attached hydrogens (tertiary/aromatic N) is 5. The van der Waals surface area contributed by atoms with Crippen LogP contribution in [0.2, 0.25) is 0 Å². The third kappa shape index (κ3) is 2.87. The van der Waals surface area contributed by atoms with E-state index in [9.17, 15) is 0 Å². The Balaban J connectivity index is 1.81. The quantitative estimate of drug-likeness (QED) is 0.823. The van der Waals surface area contributed by atoms with Gasteiger partial charge in [-0.3, -0.25) is 0 Å². The van der Waals surface area contributed by atoms with Gasteiger partial charge in [-0.1, -0.05) is 5.16 Å². The molecule has 0 N–H and O–H groups in total. The molecule has 2 aromatic rings. The summed E-state index contributed by atoms with van der Waals surface area (Å²) in [6.07, 6.45) is 3.22. The van der Waals surface area contributed by atoms with Crippen LogP contribution in [0.1, 0.15) is 18.9 Å². The molecule has 20 heavy (non-hydrogen) atoms. The summed E-state index contributed by atoms with van der Waals surface area (Å²) in [5.74, 6) is 1.27. The molecular formula is C12H14BrN5O2. The molecule has 106 valence electrons. The van der Waals surface area contributed by atoms with Crippen molar-refractivity contribution >= 4 is 15.9 Å². The second kappa shape index (κ2) is 5.55. The molecule has 0 aromatic carbocycles. The Labute approximate surface area is 124 Å². The van der Waals surface area contributed by atoms with E-state index in [0.29, 0.717) is 17.5 Å². The highest BCUT2D eigenvalue weighted by Gasteiger charge is 2.29. The first kappa shape index (κ1) is 13.6. The predicted octanol–water partition coefficient (Wildman–Crippen LogP) is 1.68. The molecule has 0 radical (unpaired) electrons. The van der Waals surface area contributed by atoms with Crippen LogP contribution in [0.3, 0.4) is 0 Å². The Bertz CT molecular complexity index is 578. The van der Waals surface area contributed by atoms with Gasteiger partial charge in [0.05, 0.1) is 10.6 Å². The van der Waals surface area contributed by atoms with Crippen molar-refractivity contribution in [3.63, 3.8) is 0 Å². The van der Waals surface area contributed by atoms with Crippen LogP contribution < -0.4 is 0 Å². The van der Waals surface area contributed by atoms with Crippen molar-refractivity contribution in [3.05, 3.63) is 22.8 Å². The molecule has 3 heterocycles. The summed E-state index contributed by atoms with van der Waals surface area (Å²) in [5.41, 5.74) is 0. The van der Waals surface area contributed by atoms with Gasteiger partial charge in [-0.2, -0.15) is 4.98 Å². The third-order valence-corrected chi connectivity index (χ3v) is 3.39. The van der Waals surface area contributed by atoms with E-state index in [1.54, 1.807) is 12.4 Å². The Morgan fingerprint density at radius 2 is 2.00 bits per heavy atom. The van der Waals surface area contributed by atoms with Gasteiger partial charge < -0.3 is 14.2 Å². The molecule has 0 unspecified atom stereocenters. The summed E-state index contributed by atoms with van der Waals surface area (Å²) in [5, 5.41) is 3.92. The maximum atomic E-state index is 5.82. The zero-order chi connectivity index (χ0) is 14.1. The van der Waals surface area contributed by atoms with E-state index in [1.807, 2.05) is 14.0 Å². The van der Waals surface area contributed by atoms with Gasteiger partial charge >= 0.3 is 0 Å². The lowest BCUT2D eigenvalue weighted by Crippen LogP contribution is -2.40. The molecular weight excluding hydrogens is 326 g/mol. The number of aromatic nitrogens is 4. The molecule has 1 saturated heterocycles. The number of ether oxygens (including phenoxy) is 1. The molecule has 1 aliphatic rings. The molecule has 1 fully saturated rings. The predicted molar refractivity (Wildman–Crippen MR) is 73.8 cm³/mol. The molecule has 3 rings (SSSR count). The van der Waals surface area contributed by atoms with Crippen molar-refractivity contribution in [2.45, 2.75) is 19.1 Å². The van der Waals surface area contributed by atoms with Crippen LogP contribution in [0.25, 0.3) is 11.6 Å².